The number of aromatic nitrogens is 4. The molecular formula is C9H10N6O4S. The Morgan fingerprint density at radius 1 is 1.35 bits per heavy atom. The third-order valence-electron chi connectivity index (χ3n) is 2.72. The van der Waals surface area contributed by atoms with Crippen molar-refractivity contribution in [2.75, 3.05) is 0 Å². The van der Waals surface area contributed by atoms with Gasteiger partial charge in [-0.1, -0.05) is 0 Å². The van der Waals surface area contributed by atoms with Crippen molar-refractivity contribution < 1.29 is 9.85 Å². The van der Waals surface area contributed by atoms with E-state index in [1.165, 1.54) is 11.6 Å². The summed E-state index contributed by atoms with van der Waals surface area (Å²) in [5, 5.41) is 20.8. The van der Waals surface area contributed by atoms with E-state index in [-0.39, 0.29) is 18.1 Å². The van der Waals surface area contributed by atoms with Gasteiger partial charge in [0, 0.05) is 6.42 Å². The number of imidazole rings is 2. The van der Waals surface area contributed by atoms with E-state index in [9.17, 15) is 20.2 Å². The van der Waals surface area contributed by atoms with Gasteiger partial charge in [0.2, 0.25) is 5.82 Å². The number of nitro groups is 2. The lowest BCUT2D eigenvalue weighted by Crippen LogP contribution is -2.06. The van der Waals surface area contributed by atoms with E-state index in [0.29, 0.717) is 11.6 Å². The van der Waals surface area contributed by atoms with Gasteiger partial charge in [-0.3, -0.25) is 0 Å². The fraction of sp³-hybridized carbons (Fsp3) is 0.333. The van der Waals surface area contributed by atoms with Crippen LogP contribution in [0.15, 0.2) is 12.4 Å². The molecule has 2 rings (SSSR count). The Hall–Kier alpha value is -2.43. The van der Waals surface area contributed by atoms with Crippen molar-refractivity contribution in [1.29, 1.82) is 0 Å². The number of rotatable bonds is 5. The number of H-pyrrole nitrogens is 1. The van der Waals surface area contributed by atoms with Gasteiger partial charge >= 0.3 is 11.6 Å². The lowest BCUT2D eigenvalue weighted by Gasteiger charge is -2.03. The topological polar surface area (TPSA) is 133 Å². The molecule has 0 saturated carbocycles. The summed E-state index contributed by atoms with van der Waals surface area (Å²) in [4.78, 5) is 30.4. The molecule has 0 spiro atoms. The average molecular weight is 298 g/mol. The zero-order chi connectivity index (χ0) is 14.9. The molecule has 1 unspecified atom stereocenters. The van der Waals surface area contributed by atoms with Crippen LogP contribution in [0.3, 0.4) is 0 Å². The molecule has 0 aliphatic carbocycles. The van der Waals surface area contributed by atoms with Crippen LogP contribution in [0.1, 0.15) is 16.9 Å². The summed E-state index contributed by atoms with van der Waals surface area (Å²) in [6.07, 6.45) is 2.50. The fourth-order valence-corrected chi connectivity index (χ4v) is 1.95. The standard InChI is InChI=1S/C9H10N6O4S/c1-13-6(10-4-8(13)15(18)19)2-5(20)9-11-3-7(12-9)14(16)17/h3-5,20H,2H2,1H3,(H,11,12). The predicted octanol–water partition coefficient (Wildman–Crippen LogP) is 1.17. The molecule has 10 nitrogen and oxygen atoms in total. The van der Waals surface area contributed by atoms with Gasteiger partial charge in [-0.2, -0.15) is 12.6 Å². The second-order valence-electron chi connectivity index (χ2n) is 3.98. The molecular weight excluding hydrogens is 288 g/mol. The van der Waals surface area contributed by atoms with E-state index < -0.39 is 15.1 Å². The molecule has 0 bridgehead atoms. The summed E-state index contributed by atoms with van der Waals surface area (Å²) >= 11 is 4.28. The van der Waals surface area contributed by atoms with Crippen LogP contribution in [-0.4, -0.2) is 29.4 Å². The first-order chi connectivity index (χ1) is 9.40. The zero-order valence-electron chi connectivity index (χ0n) is 10.3. The smallest absolute Gasteiger partial charge is 0.342 e. The van der Waals surface area contributed by atoms with Gasteiger partial charge in [0.05, 0.1) is 12.3 Å². The molecule has 1 N–H and O–H groups in total. The first kappa shape index (κ1) is 14.0. The summed E-state index contributed by atoms with van der Waals surface area (Å²) in [5.41, 5.74) is 0. The summed E-state index contributed by atoms with van der Waals surface area (Å²) in [7, 11) is 1.52. The molecule has 2 heterocycles. The lowest BCUT2D eigenvalue weighted by atomic mass is 10.3. The molecule has 0 fully saturated rings. The Kier molecular flexibility index (Phi) is 3.70. The fourth-order valence-electron chi connectivity index (χ4n) is 1.66. The number of hydrogen-bond acceptors (Lipinski definition) is 7. The van der Waals surface area contributed by atoms with E-state index in [2.05, 4.69) is 27.6 Å². The van der Waals surface area contributed by atoms with Crippen molar-refractivity contribution in [3.63, 3.8) is 0 Å². The molecule has 0 aromatic carbocycles. The van der Waals surface area contributed by atoms with Gasteiger partial charge in [-0.15, -0.1) is 0 Å². The van der Waals surface area contributed by atoms with E-state index in [4.69, 9.17) is 0 Å². The first-order valence-corrected chi connectivity index (χ1v) is 5.94. The van der Waals surface area contributed by atoms with Crippen molar-refractivity contribution in [2.45, 2.75) is 11.7 Å². The highest BCUT2D eigenvalue weighted by Gasteiger charge is 2.23. The Bertz CT molecular complexity index is 665. The minimum absolute atomic E-state index is 0.133. The molecule has 1 atom stereocenters. The quantitative estimate of drug-likeness (QED) is 0.483. The summed E-state index contributed by atoms with van der Waals surface area (Å²) < 4.78 is 1.33. The molecule has 2 aromatic heterocycles. The van der Waals surface area contributed by atoms with Crippen molar-refractivity contribution >= 4 is 24.3 Å². The predicted molar refractivity (Wildman–Crippen MR) is 70.5 cm³/mol. The third kappa shape index (κ3) is 2.61. The minimum atomic E-state index is -0.595. The summed E-state index contributed by atoms with van der Waals surface area (Å²) in [6.45, 7) is 0. The minimum Gasteiger partial charge on any atom is -0.358 e. The van der Waals surface area contributed by atoms with Crippen LogP contribution in [0.25, 0.3) is 0 Å². The maximum Gasteiger partial charge on any atom is 0.342 e. The molecule has 11 heteroatoms. The molecule has 0 saturated heterocycles. The van der Waals surface area contributed by atoms with E-state index in [0.717, 1.165) is 12.4 Å². The maximum absolute atomic E-state index is 10.7. The normalized spacial score (nSPS) is 12.3. The van der Waals surface area contributed by atoms with Gasteiger partial charge in [0.25, 0.3) is 0 Å². The summed E-state index contributed by atoms with van der Waals surface area (Å²) in [5.74, 6) is 0.386. The number of hydrogen-bond donors (Lipinski definition) is 2. The molecule has 20 heavy (non-hydrogen) atoms. The SMILES string of the molecule is Cn1c([N+](=O)[O-])cnc1CC(S)c1ncc([N+](=O)[O-])[nH]1. The maximum atomic E-state index is 10.7. The number of nitrogens with zero attached hydrogens (tertiary/aromatic N) is 5. The Balaban J connectivity index is 2.16. The van der Waals surface area contributed by atoms with E-state index in [1.54, 1.807) is 0 Å². The highest BCUT2D eigenvalue weighted by atomic mass is 32.1. The number of thiol groups is 1. The molecule has 0 aliphatic rings. The molecule has 0 amide bonds. The van der Waals surface area contributed by atoms with Crippen LogP contribution in [0.2, 0.25) is 0 Å². The number of nitrogens with one attached hydrogen (secondary N) is 1. The highest BCUT2D eigenvalue weighted by Crippen LogP contribution is 2.24. The van der Waals surface area contributed by atoms with Crippen LogP contribution in [0, 0.1) is 20.2 Å². The average Bonchev–Trinajstić information content (AvgIpc) is 2.97. The first-order valence-electron chi connectivity index (χ1n) is 5.42. The Morgan fingerprint density at radius 2 is 2.05 bits per heavy atom. The van der Waals surface area contributed by atoms with Crippen molar-refractivity contribution in [1.82, 2.24) is 19.5 Å². The van der Waals surface area contributed by atoms with Crippen LogP contribution < -0.4 is 0 Å². The third-order valence-corrected chi connectivity index (χ3v) is 3.14. The molecule has 2 aromatic rings. The molecule has 106 valence electrons. The van der Waals surface area contributed by atoms with Crippen molar-refractivity contribution in [3.05, 3.63) is 44.3 Å². The van der Waals surface area contributed by atoms with Crippen LogP contribution in [-0.2, 0) is 13.5 Å². The van der Waals surface area contributed by atoms with E-state index >= 15 is 0 Å². The van der Waals surface area contributed by atoms with Gasteiger partial charge in [0.1, 0.15) is 12.4 Å². The van der Waals surface area contributed by atoms with Crippen LogP contribution in [0.5, 0.6) is 0 Å². The van der Waals surface area contributed by atoms with Gasteiger partial charge in [-0.05, 0) is 9.85 Å². The molecule has 0 aliphatic heterocycles. The lowest BCUT2D eigenvalue weighted by molar-refractivity contribution is -0.391. The number of aromatic amines is 1. The van der Waals surface area contributed by atoms with Gasteiger partial charge in [0.15, 0.2) is 5.82 Å². The van der Waals surface area contributed by atoms with Crippen LogP contribution >= 0.6 is 12.6 Å². The van der Waals surface area contributed by atoms with Crippen molar-refractivity contribution in [2.24, 2.45) is 7.05 Å². The van der Waals surface area contributed by atoms with Gasteiger partial charge < -0.3 is 20.2 Å². The molecule has 0 radical (unpaired) electrons. The zero-order valence-corrected chi connectivity index (χ0v) is 11.1. The second kappa shape index (κ2) is 5.28. The summed E-state index contributed by atoms with van der Waals surface area (Å²) in [6, 6.07) is 0. The Labute approximate surface area is 117 Å². The van der Waals surface area contributed by atoms with Crippen LogP contribution in [0.4, 0.5) is 11.6 Å². The highest BCUT2D eigenvalue weighted by molar-refractivity contribution is 7.80. The van der Waals surface area contributed by atoms with E-state index in [1.807, 2.05) is 0 Å². The monoisotopic (exact) mass is 298 g/mol. The van der Waals surface area contributed by atoms with Gasteiger partial charge in [-0.25, -0.2) is 19.5 Å². The Morgan fingerprint density at radius 3 is 2.55 bits per heavy atom. The largest absolute Gasteiger partial charge is 0.358 e. The van der Waals surface area contributed by atoms with Crippen molar-refractivity contribution in [3.8, 4) is 0 Å². The second-order valence-corrected chi connectivity index (χ2v) is 4.60.